The van der Waals surface area contributed by atoms with Crippen LogP contribution in [0, 0.1) is 5.92 Å². The van der Waals surface area contributed by atoms with Crippen molar-refractivity contribution in [3.05, 3.63) is 0 Å². The molecule has 0 aliphatic heterocycles. The minimum atomic E-state index is -0.266. The molecular formula is C10H18N2O2. The van der Waals surface area contributed by atoms with E-state index in [1.54, 1.807) is 0 Å². The lowest BCUT2D eigenvalue weighted by molar-refractivity contribution is -0.121. The molecule has 0 unspecified atom stereocenters. The Bertz CT molecular complexity index is 222. The molecule has 1 amide bonds. The van der Waals surface area contributed by atoms with Crippen LogP contribution >= 0.6 is 0 Å². The molecule has 2 rings (SSSR count). The zero-order valence-corrected chi connectivity index (χ0v) is 8.38. The number of aliphatic hydroxyl groups is 1. The van der Waals surface area contributed by atoms with Crippen molar-refractivity contribution in [1.29, 1.82) is 0 Å². The van der Waals surface area contributed by atoms with Gasteiger partial charge >= 0.3 is 0 Å². The molecule has 2 fully saturated rings. The number of amides is 1. The van der Waals surface area contributed by atoms with Gasteiger partial charge in [-0.05, 0) is 38.1 Å². The van der Waals surface area contributed by atoms with Gasteiger partial charge < -0.3 is 15.7 Å². The molecule has 0 spiro atoms. The monoisotopic (exact) mass is 198 g/mol. The van der Waals surface area contributed by atoms with Gasteiger partial charge in [0.2, 0.25) is 5.91 Å². The van der Waals surface area contributed by atoms with Crippen molar-refractivity contribution in [2.24, 2.45) is 5.92 Å². The van der Waals surface area contributed by atoms with Crippen molar-refractivity contribution < 1.29 is 9.90 Å². The predicted molar refractivity (Wildman–Crippen MR) is 52.8 cm³/mol. The lowest BCUT2D eigenvalue weighted by atomic mass is 10.3. The quantitative estimate of drug-likeness (QED) is 0.545. The molecule has 0 atom stereocenters. The molecule has 4 heteroatoms. The molecule has 0 aromatic rings. The third-order valence-electron chi connectivity index (χ3n) is 2.98. The van der Waals surface area contributed by atoms with Crippen molar-refractivity contribution in [2.75, 3.05) is 19.7 Å². The fraction of sp³-hybridized carbons (Fsp3) is 0.900. The van der Waals surface area contributed by atoms with Crippen LogP contribution in [-0.4, -0.2) is 36.2 Å². The van der Waals surface area contributed by atoms with Crippen molar-refractivity contribution >= 4 is 5.91 Å². The van der Waals surface area contributed by atoms with E-state index in [0.717, 1.165) is 25.3 Å². The fourth-order valence-electron chi connectivity index (χ4n) is 1.53. The van der Waals surface area contributed by atoms with Gasteiger partial charge in [-0.1, -0.05) is 0 Å². The molecule has 2 saturated carbocycles. The van der Waals surface area contributed by atoms with Gasteiger partial charge in [-0.2, -0.15) is 0 Å². The van der Waals surface area contributed by atoms with E-state index < -0.39 is 0 Å². The lowest BCUT2D eigenvalue weighted by Gasteiger charge is -2.14. The van der Waals surface area contributed by atoms with Crippen LogP contribution in [0.1, 0.15) is 25.7 Å². The number of carbonyl (C=O) groups is 1. The summed E-state index contributed by atoms with van der Waals surface area (Å²) < 4.78 is 0. The Morgan fingerprint density at radius 2 is 2.14 bits per heavy atom. The molecule has 3 N–H and O–H groups in total. The summed E-state index contributed by atoms with van der Waals surface area (Å²) in [6.45, 7) is 1.42. The summed E-state index contributed by atoms with van der Waals surface area (Å²) in [6, 6.07) is 0. The molecule has 2 aliphatic rings. The first kappa shape index (κ1) is 9.93. The maximum absolute atomic E-state index is 11.4. The average molecular weight is 198 g/mol. The summed E-state index contributed by atoms with van der Waals surface area (Å²) in [5.74, 6) is 0.813. The summed E-state index contributed by atoms with van der Waals surface area (Å²) in [5, 5.41) is 15.0. The minimum absolute atomic E-state index is 0.0113. The summed E-state index contributed by atoms with van der Waals surface area (Å²) >= 11 is 0. The van der Waals surface area contributed by atoms with Gasteiger partial charge in [-0.3, -0.25) is 4.79 Å². The molecule has 4 nitrogen and oxygen atoms in total. The molecule has 2 aliphatic carbocycles. The van der Waals surface area contributed by atoms with Crippen LogP contribution in [0.15, 0.2) is 0 Å². The Morgan fingerprint density at radius 1 is 1.43 bits per heavy atom. The van der Waals surface area contributed by atoms with Crippen molar-refractivity contribution in [2.45, 2.75) is 31.2 Å². The number of nitrogens with one attached hydrogen (secondary N) is 2. The summed E-state index contributed by atoms with van der Waals surface area (Å²) in [5.41, 5.74) is -0.266. The number of hydrogen-bond donors (Lipinski definition) is 3. The largest absolute Gasteiger partial charge is 0.394 e. The third-order valence-corrected chi connectivity index (χ3v) is 2.98. The highest BCUT2D eigenvalue weighted by atomic mass is 16.3. The second kappa shape index (κ2) is 3.87. The van der Waals surface area contributed by atoms with Gasteiger partial charge in [-0.25, -0.2) is 0 Å². The van der Waals surface area contributed by atoms with Crippen LogP contribution in [0.25, 0.3) is 0 Å². The van der Waals surface area contributed by atoms with Crippen molar-refractivity contribution in [1.82, 2.24) is 10.6 Å². The zero-order chi connectivity index (χ0) is 10.0. The SMILES string of the molecule is O=C(CNCC1CC1)NC1(CO)CC1. The summed E-state index contributed by atoms with van der Waals surface area (Å²) in [6.07, 6.45) is 4.43. The smallest absolute Gasteiger partial charge is 0.234 e. The lowest BCUT2D eigenvalue weighted by Crippen LogP contribution is -2.44. The van der Waals surface area contributed by atoms with Gasteiger partial charge in [0.1, 0.15) is 0 Å². The zero-order valence-electron chi connectivity index (χ0n) is 8.38. The molecule has 0 saturated heterocycles. The van der Waals surface area contributed by atoms with E-state index in [1.807, 2.05) is 0 Å². The Balaban J connectivity index is 1.58. The predicted octanol–water partition coefficient (Wildman–Crippen LogP) is -0.373. The van der Waals surface area contributed by atoms with Gasteiger partial charge in [0.05, 0.1) is 18.7 Å². The Kier molecular flexibility index (Phi) is 2.74. The van der Waals surface area contributed by atoms with E-state index in [1.165, 1.54) is 12.8 Å². The minimum Gasteiger partial charge on any atom is -0.394 e. The molecule has 0 radical (unpaired) electrons. The fourth-order valence-corrected chi connectivity index (χ4v) is 1.53. The van der Waals surface area contributed by atoms with E-state index in [2.05, 4.69) is 10.6 Å². The molecule has 0 heterocycles. The van der Waals surface area contributed by atoms with Crippen LogP contribution in [0.3, 0.4) is 0 Å². The van der Waals surface area contributed by atoms with E-state index in [9.17, 15) is 4.79 Å². The van der Waals surface area contributed by atoms with E-state index in [4.69, 9.17) is 5.11 Å². The molecule has 0 aromatic carbocycles. The second-order valence-corrected chi connectivity index (χ2v) is 4.56. The van der Waals surface area contributed by atoms with E-state index in [0.29, 0.717) is 6.54 Å². The maximum atomic E-state index is 11.4. The molecule has 80 valence electrons. The van der Waals surface area contributed by atoms with Crippen LogP contribution in [0.4, 0.5) is 0 Å². The Hall–Kier alpha value is -0.610. The Labute approximate surface area is 84.1 Å². The van der Waals surface area contributed by atoms with Crippen LogP contribution in [0.2, 0.25) is 0 Å². The van der Waals surface area contributed by atoms with Gasteiger partial charge in [-0.15, -0.1) is 0 Å². The number of hydrogen-bond acceptors (Lipinski definition) is 3. The first-order valence-electron chi connectivity index (χ1n) is 5.37. The maximum Gasteiger partial charge on any atom is 0.234 e. The van der Waals surface area contributed by atoms with Crippen LogP contribution in [-0.2, 0) is 4.79 Å². The summed E-state index contributed by atoms with van der Waals surface area (Å²) in [7, 11) is 0. The topological polar surface area (TPSA) is 61.4 Å². The third kappa shape index (κ3) is 2.69. The number of rotatable bonds is 6. The van der Waals surface area contributed by atoms with Gasteiger partial charge in [0.15, 0.2) is 0 Å². The average Bonchev–Trinajstić information content (AvgIpc) is 3.00. The number of carbonyl (C=O) groups excluding carboxylic acids is 1. The van der Waals surface area contributed by atoms with E-state index in [-0.39, 0.29) is 18.1 Å². The molecule has 14 heavy (non-hydrogen) atoms. The molecule has 0 bridgehead atoms. The van der Waals surface area contributed by atoms with Crippen LogP contribution < -0.4 is 10.6 Å². The summed E-state index contributed by atoms with van der Waals surface area (Å²) in [4.78, 5) is 11.4. The highest BCUT2D eigenvalue weighted by molar-refractivity contribution is 5.79. The van der Waals surface area contributed by atoms with E-state index >= 15 is 0 Å². The first-order valence-corrected chi connectivity index (χ1v) is 5.37. The van der Waals surface area contributed by atoms with Crippen molar-refractivity contribution in [3.8, 4) is 0 Å². The highest BCUT2D eigenvalue weighted by Gasteiger charge is 2.43. The van der Waals surface area contributed by atoms with Crippen molar-refractivity contribution in [3.63, 3.8) is 0 Å². The standard InChI is InChI=1S/C10H18N2O2/c13-7-10(3-4-10)12-9(14)6-11-5-8-1-2-8/h8,11,13H,1-7H2,(H,12,14). The normalized spacial score (nSPS) is 23.2. The highest BCUT2D eigenvalue weighted by Crippen LogP contribution is 2.34. The van der Waals surface area contributed by atoms with Crippen LogP contribution in [0.5, 0.6) is 0 Å². The first-order chi connectivity index (χ1) is 6.74. The molecular weight excluding hydrogens is 180 g/mol. The number of aliphatic hydroxyl groups excluding tert-OH is 1. The second-order valence-electron chi connectivity index (χ2n) is 4.56. The van der Waals surface area contributed by atoms with Gasteiger partial charge in [0, 0.05) is 0 Å². The Morgan fingerprint density at radius 3 is 2.64 bits per heavy atom. The molecule has 0 aromatic heterocycles. The van der Waals surface area contributed by atoms with Gasteiger partial charge in [0.25, 0.3) is 0 Å².